The van der Waals surface area contributed by atoms with E-state index in [0.29, 0.717) is 17.1 Å². The van der Waals surface area contributed by atoms with E-state index in [1.54, 1.807) is 30.3 Å². The van der Waals surface area contributed by atoms with Crippen LogP contribution in [0.2, 0.25) is 0 Å². The number of amides is 1. The molecule has 3 rings (SSSR count). The van der Waals surface area contributed by atoms with Gasteiger partial charge in [0.15, 0.2) is 18.1 Å². The van der Waals surface area contributed by atoms with Crippen molar-refractivity contribution in [2.24, 2.45) is 5.10 Å². The number of nitrogens with one attached hydrogen (secondary N) is 1. The van der Waals surface area contributed by atoms with Gasteiger partial charge in [-0.1, -0.05) is 25.1 Å². The molecule has 0 aromatic heterocycles. The summed E-state index contributed by atoms with van der Waals surface area (Å²) in [5.41, 5.74) is 5.41. The average molecular weight is 440 g/mol. The van der Waals surface area contributed by atoms with Gasteiger partial charge in [-0.3, -0.25) is 4.79 Å². The Hall–Kier alpha value is -3.35. The summed E-state index contributed by atoms with van der Waals surface area (Å²) in [6.07, 6.45) is 4.47. The first-order chi connectivity index (χ1) is 15.3. The fraction of sp³-hybridized carbons (Fsp3) is 0.360. The summed E-state index contributed by atoms with van der Waals surface area (Å²) in [5.74, 6) is 0.136. The standard InChI is InChI=1S/C25H30FN3O3/c1-6-11-29-21-13-20(26)18(12-19(21)17(2)14-25(29,3)4)15-27-28-24(30)16-32-23-10-8-7-9-22(23)31-5/h7-10,12-15H,6,11,16H2,1-5H3,(H,28,30)/b27-15+. The Morgan fingerprint density at radius 1 is 1.25 bits per heavy atom. The highest BCUT2D eigenvalue weighted by Crippen LogP contribution is 2.40. The molecule has 2 aromatic carbocycles. The Morgan fingerprint density at radius 3 is 2.66 bits per heavy atom. The molecule has 0 saturated heterocycles. The predicted molar refractivity (Wildman–Crippen MR) is 126 cm³/mol. The van der Waals surface area contributed by atoms with Crippen LogP contribution in [0.4, 0.5) is 10.1 Å². The number of methoxy groups -OCH3 is 1. The first kappa shape index (κ1) is 23.3. The first-order valence-corrected chi connectivity index (χ1v) is 10.7. The summed E-state index contributed by atoms with van der Waals surface area (Å²) in [7, 11) is 1.53. The SMILES string of the molecule is CCCN1c2cc(F)c(/C=N/NC(=O)COc3ccccc3OC)cc2C(C)=CC1(C)C. The fourth-order valence-corrected chi connectivity index (χ4v) is 3.93. The Labute approximate surface area is 188 Å². The van der Waals surface area contributed by atoms with Gasteiger partial charge in [0.05, 0.1) is 18.9 Å². The Bertz CT molecular complexity index is 1050. The molecule has 0 atom stereocenters. The van der Waals surface area contributed by atoms with Crippen LogP contribution in [0.1, 0.15) is 45.2 Å². The zero-order chi connectivity index (χ0) is 23.3. The lowest BCUT2D eigenvalue weighted by Crippen LogP contribution is -2.45. The molecule has 1 amide bonds. The number of para-hydroxylation sites is 2. The summed E-state index contributed by atoms with van der Waals surface area (Å²) in [6.45, 7) is 8.99. The van der Waals surface area contributed by atoms with Gasteiger partial charge < -0.3 is 14.4 Å². The van der Waals surface area contributed by atoms with E-state index >= 15 is 0 Å². The van der Waals surface area contributed by atoms with E-state index in [4.69, 9.17) is 9.47 Å². The average Bonchev–Trinajstić information content (AvgIpc) is 2.75. The number of nitrogens with zero attached hydrogens (tertiary/aromatic N) is 2. The van der Waals surface area contributed by atoms with Crippen LogP contribution >= 0.6 is 0 Å². The van der Waals surface area contributed by atoms with Crippen LogP contribution in [0.15, 0.2) is 47.6 Å². The van der Waals surface area contributed by atoms with Crippen LogP contribution in [-0.4, -0.2) is 37.9 Å². The Balaban J connectivity index is 1.70. The lowest BCUT2D eigenvalue weighted by Gasteiger charge is -2.43. The predicted octanol–water partition coefficient (Wildman–Crippen LogP) is 4.78. The lowest BCUT2D eigenvalue weighted by atomic mass is 9.88. The highest BCUT2D eigenvalue weighted by molar-refractivity contribution is 5.89. The number of benzene rings is 2. The zero-order valence-electron chi connectivity index (χ0n) is 19.2. The van der Waals surface area contributed by atoms with Gasteiger partial charge in [-0.15, -0.1) is 0 Å². The summed E-state index contributed by atoms with van der Waals surface area (Å²) < 4.78 is 25.5. The molecule has 0 aliphatic carbocycles. The van der Waals surface area contributed by atoms with Crippen molar-refractivity contribution in [1.82, 2.24) is 5.43 Å². The van der Waals surface area contributed by atoms with Crippen molar-refractivity contribution in [3.8, 4) is 11.5 Å². The molecule has 1 aliphatic heterocycles. The first-order valence-electron chi connectivity index (χ1n) is 10.7. The molecule has 0 spiro atoms. The minimum Gasteiger partial charge on any atom is -0.493 e. The van der Waals surface area contributed by atoms with Crippen molar-refractivity contribution >= 4 is 23.4 Å². The second-order valence-corrected chi connectivity index (χ2v) is 8.26. The Kier molecular flexibility index (Phi) is 7.18. The van der Waals surface area contributed by atoms with E-state index in [-0.39, 0.29) is 12.1 Å². The van der Waals surface area contributed by atoms with Gasteiger partial charge in [-0.05, 0) is 57.0 Å². The lowest BCUT2D eigenvalue weighted by molar-refractivity contribution is -0.123. The molecule has 7 heteroatoms. The van der Waals surface area contributed by atoms with Crippen LogP contribution < -0.4 is 19.8 Å². The molecular formula is C25H30FN3O3. The number of hydrogen-bond donors (Lipinski definition) is 1. The van der Waals surface area contributed by atoms with Crippen molar-refractivity contribution in [2.75, 3.05) is 25.2 Å². The molecule has 0 unspecified atom stereocenters. The highest BCUT2D eigenvalue weighted by atomic mass is 19.1. The molecule has 0 radical (unpaired) electrons. The van der Waals surface area contributed by atoms with Crippen molar-refractivity contribution in [1.29, 1.82) is 0 Å². The molecule has 0 saturated carbocycles. The van der Waals surface area contributed by atoms with E-state index in [1.807, 2.05) is 13.0 Å². The second kappa shape index (κ2) is 9.85. The molecular weight excluding hydrogens is 409 g/mol. The molecule has 1 heterocycles. The third kappa shape index (κ3) is 5.10. The monoisotopic (exact) mass is 439 g/mol. The zero-order valence-corrected chi connectivity index (χ0v) is 19.2. The van der Waals surface area contributed by atoms with Crippen LogP contribution in [0, 0.1) is 5.82 Å². The number of hydrazone groups is 1. The molecule has 1 N–H and O–H groups in total. The number of ether oxygens (including phenoxy) is 2. The number of carbonyl (C=O) groups excluding carboxylic acids is 1. The number of rotatable bonds is 8. The van der Waals surface area contributed by atoms with Crippen molar-refractivity contribution in [3.63, 3.8) is 0 Å². The molecule has 0 fully saturated rings. The minimum absolute atomic E-state index is 0.190. The maximum absolute atomic E-state index is 14.9. The molecule has 6 nitrogen and oxygen atoms in total. The molecule has 1 aliphatic rings. The van der Waals surface area contributed by atoms with Gasteiger partial charge in [-0.25, -0.2) is 9.82 Å². The van der Waals surface area contributed by atoms with E-state index in [1.165, 1.54) is 13.3 Å². The van der Waals surface area contributed by atoms with E-state index in [0.717, 1.165) is 29.8 Å². The summed E-state index contributed by atoms with van der Waals surface area (Å²) in [4.78, 5) is 14.3. The summed E-state index contributed by atoms with van der Waals surface area (Å²) in [5, 5.41) is 3.91. The fourth-order valence-electron chi connectivity index (χ4n) is 3.93. The smallest absolute Gasteiger partial charge is 0.277 e. The van der Waals surface area contributed by atoms with E-state index in [2.05, 4.69) is 42.3 Å². The van der Waals surface area contributed by atoms with Gasteiger partial charge in [0, 0.05) is 23.4 Å². The molecule has 2 aromatic rings. The van der Waals surface area contributed by atoms with E-state index in [9.17, 15) is 9.18 Å². The largest absolute Gasteiger partial charge is 0.493 e. The topological polar surface area (TPSA) is 63.2 Å². The number of anilines is 1. The van der Waals surface area contributed by atoms with Crippen molar-refractivity contribution in [3.05, 3.63) is 59.4 Å². The van der Waals surface area contributed by atoms with Gasteiger partial charge in [-0.2, -0.15) is 5.10 Å². The minimum atomic E-state index is -0.461. The Morgan fingerprint density at radius 2 is 1.97 bits per heavy atom. The van der Waals surface area contributed by atoms with Crippen molar-refractivity contribution < 1.29 is 18.7 Å². The van der Waals surface area contributed by atoms with E-state index < -0.39 is 11.7 Å². The number of allylic oxidation sites excluding steroid dienone is 1. The van der Waals surface area contributed by atoms with Crippen LogP contribution in [-0.2, 0) is 4.79 Å². The van der Waals surface area contributed by atoms with Crippen LogP contribution in [0.3, 0.4) is 0 Å². The quantitative estimate of drug-likeness (QED) is 0.475. The highest BCUT2D eigenvalue weighted by Gasteiger charge is 2.31. The van der Waals surface area contributed by atoms with Gasteiger partial charge in [0.2, 0.25) is 0 Å². The number of carbonyl (C=O) groups is 1. The number of halogens is 1. The van der Waals surface area contributed by atoms with Gasteiger partial charge in [0.25, 0.3) is 5.91 Å². The molecule has 32 heavy (non-hydrogen) atoms. The number of fused-ring (bicyclic) bond motifs is 1. The third-order valence-corrected chi connectivity index (χ3v) is 5.36. The van der Waals surface area contributed by atoms with Crippen molar-refractivity contribution in [2.45, 2.75) is 39.7 Å². The third-order valence-electron chi connectivity index (χ3n) is 5.36. The maximum Gasteiger partial charge on any atom is 0.277 e. The summed E-state index contributed by atoms with van der Waals surface area (Å²) in [6, 6.07) is 10.4. The van der Waals surface area contributed by atoms with Crippen LogP contribution in [0.25, 0.3) is 5.57 Å². The summed E-state index contributed by atoms with van der Waals surface area (Å²) >= 11 is 0. The second-order valence-electron chi connectivity index (χ2n) is 8.26. The molecule has 0 bridgehead atoms. The maximum atomic E-state index is 14.9. The number of hydrogen-bond acceptors (Lipinski definition) is 5. The normalized spacial score (nSPS) is 14.7. The van der Waals surface area contributed by atoms with Crippen LogP contribution in [0.5, 0.6) is 11.5 Å². The van der Waals surface area contributed by atoms with Gasteiger partial charge >= 0.3 is 0 Å². The molecule has 170 valence electrons. The van der Waals surface area contributed by atoms with Gasteiger partial charge in [0.1, 0.15) is 5.82 Å².